The van der Waals surface area contributed by atoms with Gasteiger partial charge in [0.2, 0.25) is 5.91 Å². The second-order valence-electron chi connectivity index (χ2n) is 6.19. The topological polar surface area (TPSA) is 68.5 Å². The zero-order chi connectivity index (χ0) is 17.8. The van der Waals surface area contributed by atoms with Crippen molar-refractivity contribution in [1.82, 2.24) is 19.9 Å². The summed E-state index contributed by atoms with van der Waals surface area (Å²) in [6.07, 6.45) is 4.18. The summed E-state index contributed by atoms with van der Waals surface area (Å²) in [4.78, 5) is 16.6. The van der Waals surface area contributed by atoms with Crippen molar-refractivity contribution in [3.8, 4) is 11.3 Å². The summed E-state index contributed by atoms with van der Waals surface area (Å²) in [5.41, 5.74) is 2.73. The van der Waals surface area contributed by atoms with Gasteiger partial charge < -0.3 is 10.1 Å². The number of amides is 1. The second kappa shape index (κ2) is 7.88. The molecule has 0 saturated carbocycles. The molecule has 2 aromatic heterocycles. The Labute approximate surface area is 156 Å². The first-order valence-corrected chi connectivity index (χ1v) is 9.69. The van der Waals surface area contributed by atoms with Crippen molar-refractivity contribution < 1.29 is 9.53 Å². The number of nitrogens with one attached hydrogen (secondary N) is 1. The first-order chi connectivity index (χ1) is 12.8. The Morgan fingerprint density at radius 1 is 1.27 bits per heavy atom. The highest BCUT2D eigenvalue weighted by Gasteiger charge is 2.16. The van der Waals surface area contributed by atoms with E-state index < -0.39 is 0 Å². The molecule has 0 bridgehead atoms. The number of carbonyl (C=O) groups is 1. The van der Waals surface area contributed by atoms with Crippen LogP contribution in [0.3, 0.4) is 0 Å². The van der Waals surface area contributed by atoms with Gasteiger partial charge in [0, 0.05) is 18.7 Å². The number of fused-ring (bicyclic) bond motifs is 1. The number of ether oxygens (including phenoxy) is 1. The highest BCUT2D eigenvalue weighted by atomic mass is 32.2. The van der Waals surface area contributed by atoms with Crippen molar-refractivity contribution in [3.05, 3.63) is 48.7 Å². The fourth-order valence-corrected chi connectivity index (χ4v) is 3.60. The minimum Gasteiger partial charge on any atom is -0.376 e. The molecule has 4 rings (SSSR count). The normalized spacial score (nSPS) is 16.8. The number of imidazole rings is 1. The quantitative estimate of drug-likeness (QED) is 0.678. The van der Waals surface area contributed by atoms with Gasteiger partial charge in [-0.25, -0.2) is 9.50 Å². The van der Waals surface area contributed by atoms with E-state index in [0.29, 0.717) is 12.3 Å². The van der Waals surface area contributed by atoms with Gasteiger partial charge in [-0.1, -0.05) is 42.1 Å². The molecule has 134 valence electrons. The summed E-state index contributed by atoms with van der Waals surface area (Å²) < 4.78 is 7.27. The molecule has 1 aliphatic heterocycles. The third kappa shape index (κ3) is 4.05. The van der Waals surface area contributed by atoms with E-state index in [9.17, 15) is 4.79 Å². The van der Waals surface area contributed by atoms with Gasteiger partial charge in [0.1, 0.15) is 5.03 Å². The highest BCUT2D eigenvalue weighted by Crippen LogP contribution is 2.20. The van der Waals surface area contributed by atoms with Crippen molar-refractivity contribution in [1.29, 1.82) is 0 Å². The molecule has 1 N–H and O–H groups in total. The molecule has 0 radical (unpaired) electrons. The standard InChI is InChI=1S/C19H20N4O2S/c24-18(20-11-15-7-4-10-25-15)13-26-19-9-8-17-21-16(12-23(17)22-19)14-5-2-1-3-6-14/h1-3,5-6,8-9,12,15H,4,7,10-11,13H2,(H,20,24). The molecule has 0 spiro atoms. The average molecular weight is 368 g/mol. The average Bonchev–Trinajstić information content (AvgIpc) is 3.34. The Balaban J connectivity index is 1.37. The highest BCUT2D eigenvalue weighted by molar-refractivity contribution is 7.99. The number of carbonyl (C=O) groups excluding carboxylic acids is 1. The van der Waals surface area contributed by atoms with Gasteiger partial charge in [0.05, 0.1) is 23.7 Å². The predicted molar refractivity (Wildman–Crippen MR) is 101 cm³/mol. The molecule has 26 heavy (non-hydrogen) atoms. The van der Waals surface area contributed by atoms with Gasteiger partial charge >= 0.3 is 0 Å². The summed E-state index contributed by atoms with van der Waals surface area (Å²) >= 11 is 1.42. The third-order valence-corrected chi connectivity index (χ3v) is 5.19. The van der Waals surface area contributed by atoms with Gasteiger partial charge in [0.15, 0.2) is 5.65 Å². The summed E-state index contributed by atoms with van der Waals surface area (Å²) in [6.45, 7) is 1.39. The molecule has 1 fully saturated rings. The maximum atomic E-state index is 12.0. The van der Waals surface area contributed by atoms with Gasteiger partial charge in [-0.2, -0.15) is 5.10 Å². The molecule has 1 aliphatic rings. The van der Waals surface area contributed by atoms with E-state index >= 15 is 0 Å². The fraction of sp³-hybridized carbons (Fsp3) is 0.316. The van der Waals surface area contributed by atoms with Crippen LogP contribution in [-0.2, 0) is 9.53 Å². The summed E-state index contributed by atoms with van der Waals surface area (Å²) in [5.74, 6) is 0.342. The van der Waals surface area contributed by atoms with Gasteiger partial charge in [-0.15, -0.1) is 0 Å². The van der Waals surface area contributed by atoms with Crippen LogP contribution >= 0.6 is 11.8 Å². The largest absolute Gasteiger partial charge is 0.376 e. The molecule has 1 atom stereocenters. The fourth-order valence-electron chi connectivity index (χ4n) is 2.91. The Bertz CT molecular complexity index is 891. The number of benzene rings is 1. The maximum Gasteiger partial charge on any atom is 0.230 e. The minimum atomic E-state index is 0.00278. The van der Waals surface area contributed by atoms with Crippen LogP contribution in [0.4, 0.5) is 0 Å². The number of rotatable bonds is 6. The lowest BCUT2D eigenvalue weighted by Gasteiger charge is -2.10. The van der Waals surface area contributed by atoms with Crippen LogP contribution in [0.5, 0.6) is 0 Å². The second-order valence-corrected chi connectivity index (χ2v) is 7.19. The zero-order valence-electron chi connectivity index (χ0n) is 14.3. The molecule has 7 heteroatoms. The third-order valence-electron chi connectivity index (χ3n) is 4.27. The molecule has 1 unspecified atom stereocenters. The molecule has 1 aromatic carbocycles. The molecule has 0 aliphatic carbocycles. The SMILES string of the molecule is O=C(CSc1ccc2nc(-c3ccccc3)cn2n1)NCC1CCCO1. The lowest BCUT2D eigenvalue weighted by molar-refractivity contribution is -0.119. The zero-order valence-corrected chi connectivity index (χ0v) is 15.1. The number of hydrogen-bond donors (Lipinski definition) is 1. The van der Waals surface area contributed by atoms with Crippen molar-refractivity contribution in [2.45, 2.75) is 24.0 Å². The lowest BCUT2D eigenvalue weighted by atomic mass is 10.2. The minimum absolute atomic E-state index is 0.00278. The van der Waals surface area contributed by atoms with E-state index in [-0.39, 0.29) is 12.0 Å². The number of nitrogens with zero attached hydrogens (tertiary/aromatic N) is 3. The van der Waals surface area contributed by atoms with E-state index in [0.717, 1.165) is 41.4 Å². The Morgan fingerprint density at radius 3 is 2.96 bits per heavy atom. The molecular formula is C19H20N4O2S. The van der Waals surface area contributed by atoms with E-state index in [1.54, 1.807) is 4.52 Å². The Hall–Kier alpha value is -2.38. The Morgan fingerprint density at radius 2 is 2.15 bits per heavy atom. The molecule has 1 saturated heterocycles. The smallest absolute Gasteiger partial charge is 0.230 e. The van der Waals surface area contributed by atoms with Crippen molar-refractivity contribution in [2.24, 2.45) is 0 Å². The van der Waals surface area contributed by atoms with Crippen LogP contribution in [0.1, 0.15) is 12.8 Å². The maximum absolute atomic E-state index is 12.0. The first kappa shape index (κ1) is 17.1. The van der Waals surface area contributed by atoms with E-state index in [4.69, 9.17) is 4.74 Å². The molecular weight excluding hydrogens is 348 g/mol. The van der Waals surface area contributed by atoms with E-state index in [1.807, 2.05) is 48.7 Å². The van der Waals surface area contributed by atoms with Crippen LogP contribution in [0.25, 0.3) is 16.9 Å². The molecule has 3 heterocycles. The Kier molecular flexibility index (Phi) is 5.17. The van der Waals surface area contributed by atoms with Crippen LogP contribution in [0.15, 0.2) is 53.7 Å². The predicted octanol–water partition coefficient (Wildman–Crippen LogP) is 2.78. The molecule has 6 nitrogen and oxygen atoms in total. The van der Waals surface area contributed by atoms with E-state index in [2.05, 4.69) is 15.4 Å². The van der Waals surface area contributed by atoms with Gasteiger partial charge in [-0.3, -0.25) is 4.79 Å². The summed E-state index contributed by atoms with van der Waals surface area (Å²) in [7, 11) is 0. The van der Waals surface area contributed by atoms with Crippen LogP contribution in [0, 0.1) is 0 Å². The summed E-state index contributed by atoms with van der Waals surface area (Å²) in [6, 6.07) is 13.8. The first-order valence-electron chi connectivity index (χ1n) is 8.71. The number of thioether (sulfide) groups is 1. The van der Waals surface area contributed by atoms with Crippen molar-refractivity contribution in [3.63, 3.8) is 0 Å². The van der Waals surface area contributed by atoms with Gasteiger partial charge in [-0.05, 0) is 25.0 Å². The summed E-state index contributed by atoms with van der Waals surface area (Å²) in [5, 5.41) is 8.26. The van der Waals surface area contributed by atoms with Crippen molar-refractivity contribution in [2.75, 3.05) is 18.9 Å². The van der Waals surface area contributed by atoms with Crippen LogP contribution in [0.2, 0.25) is 0 Å². The monoisotopic (exact) mass is 368 g/mol. The van der Waals surface area contributed by atoms with Crippen LogP contribution in [-0.4, -0.2) is 45.5 Å². The van der Waals surface area contributed by atoms with Crippen LogP contribution < -0.4 is 5.32 Å². The van der Waals surface area contributed by atoms with Crippen molar-refractivity contribution >= 4 is 23.3 Å². The molecule has 3 aromatic rings. The van der Waals surface area contributed by atoms with E-state index in [1.165, 1.54) is 11.8 Å². The lowest BCUT2D eigenvalue weighted by Crippen LogP contribution is -2.32. The number of aromatic nitrogens is 3. The van der Waals surface area contributed by atoms with Gasteiger partial charge in [0.25, 0.3) is 0 Å². The molecule has 1 amide bonds. The number of hydrogen-bond acceptors (Lipinski definition) is 5.